The van der Waals surface area contributed by atoms with Gasteiger partial charge in [0.25, 0.3) is 0 Å². The van der Waals surface area contributed by atoms with Gasteiger partial charge in [0.1, 0.15) is 0 Å². The van der Waals surface area contributed by atoms with Crippen LogP contribution in [0.1, 0.15) is 88.7 Å². The van der Waals surface area contributed by atoms with E-state index in [1.54, 1.807) is 0 Å². The Morgan fingerprint density at radius 3 is 1.79 bits per heavy atom. The standard InChI is InChI=1S/C28H45NO4/c1-18-3-4-21(15-26(18)29)6-5-20-7-9-22(10-8-20)23-11-13-24(14-12-23)25-16-27(30,31)19(2)28(32,33)17-25/h3-4,15,19-20,22-25,30-33H,5-14,16-17,29H2,1-2H3. The van der Waals surface area contributed by atoms with Crippen molar-refractivity contribution >= 4 is 5.69 Å². The van der Waals surface area contributed by atoms with Gasteiger partial charge < -0.3 is 26.2 Å². The maximum absolute atomic E-state index is 10.3. The number of anilines is 1. The summed E-state index contributed by atoms with van der Waals surface area (Å²) in [7, 11) is 0. The smallest absolute Gasteiger partial charge is 0.170 e. The summed E-state index contributed by atoms with van der Waals surface area (Å²) in [5.74, 6) is -2.17. The van der Waals surface area contributed by atoms with Crippen molar-refractivity contribution in [3.8, 4) is 0 Å². The van der Waals surface area contributed by atoms with E-state index >= 15 is 0 Å². The highest BCUT2D eigenvalue weighted by atomic mass is 16.5. The van der Waals surface area contributed by atoms with Crippen LogP contribution in [0.5, 0.6) is 0 Å². The van der Waals surface area contributed by atoms with Crippen LogP contribution in [0, 0.1) is 42.4 Å². The molecule has 0 atom stereocenters. The Hall–Kier alpha value is -1.14. The second-order valence-corrected chi connectivity index (χ2v) is 11.8. The van der Waals surface area contributed by atoms with Crippen LogP contribution in [0.4, 0.5) is 5.69 Å². The van der Waals surface area contributed by atoms with Crippen LogP contribution >= 0.6 is 0 Å². The largest absolute Gasteiger partial charge is 0.399 e. The monoisotopic (exact) mass is 459 g/mol. The second-order valence-electron chi connectivity index (χ2n) is 11.8. The zero-order valence-electron chi connectivity index (χ0n) is 20.5. The third kappa shape index (κ3) is 5.75. The molecule has 0 bridgehead atoms. The van der Waals surface area contributed by atoms with Gasteiger partial charge >= 0.3 is 0 Å². The van der Waals surface area contributed by atoms with Gasteiger partial charge in [-0.3, -0.25) is 0 Å². The zero-order valence-corrected chi connectivity index (χ0v) is 20.5. The minimum Gasteiger partial charge on any atom is -0.399 e. The van der Waals surface area contributed by atoms with Crippen LogP contribution < -0.4 is 5.73 Å². The molecule has 0 spiro atoms. The first kappa shape index (κ1) is 25.0. The van der Waals surface area contributed by atoms with Crippen LogP contribution in [-0.4, -0.2) is 32.0 Å². The van der Waals surface area contributed by atoms with Gasteiger partial charge in [-0.25, -0.2) is 0 Å². The average molecular weight is 460 g/mol. The maximum atomic E-state index is 10.3. The Morgan fingerprint density at radius 1 is 0.788 bits per heavy atom. The summed E-state index contributed by atoms with van der Waals surface area (Å²) in [5.41, 5.74) is 9.49. The summed E-state index contributed by atoms with van der Waals surface area (Å²) in [6, 6.07) is 6.49. The zero-order chi connectivity index (χ0) is 23.8. The summed E-state index contributed by atoms with van der Waals surface area (Å²) in [4.78, 5) is 0. The molecule has 1 aromatic rings. The minimum absolute atomic E-state index is 0.0290. The van der Waals surface area contributed by atoms with Crippen molar-refractivity contribution in [1.82, 2.24) is 0 Å². The Labute approximate surface area is 199 Å². The molecule has 0 aliphatic heterocycles. The quantitative estimate of drug-likeness (QED) is 0.328. The third-order valence-electron chi connectivity index (χ3n) is 9.74. The first-order valence-electron chi connectivity index (χ1n) is 13.3. The molecule has 1 aromatic carbocycles. The topological polar surface area (TPSA) is 107 Å². The van der Waals surface area contributed by atoms with Crippen LogP contribution in [0.25, 0.3) is 0 Å². The highest BCUT2D eigenvalue weighted by Gasteiger charge is 2.53. The fourth-order valence-corrected chi connectivity index (χ4v) is 7.15. The fourth-order valence-electron chi connectivity index (χ4n) is 7.15. The Kier molecular flexibility index (Phi) is 7.45. The molecule has 5 heteroatoms. The Morgan fingerprint density at radius 2 is 1.27 bits per heavy atom. The van der Waals surface area contributed by atoms with Gasteiger partial charge in [-0.1, -0.05) is 31.9 Å². The normalized spacial score (nSPS) is 36.4. The third-order valence-corrected chi connectivity index (χ3v) is 9.74. The molecule has 33 heavy (non-hydrogen) atoms. The highest BCUT2D eigenvalue weighted by molar-refractivity contribution is 5.48. The number of benzene rings is 1. The van der Waals surface area contributed by atoms with Crippen molar-refractivity contribution in [2.75, 3.05) is 5.73 Å². The molecular weight excluding hydrogens is 414 g/mol. The molecule has 3 aliphatic rings. The molecule has 3 saturated carbocycles. The number of rotatable bonds is 5. The van der Waals surface area contributed by atoms with E-state index in [0.717, 1.165) is 48.3 Å². The number of hydrogen-bond donors (Lipinski definition) is 5. The van der Waals surface area contributed by atoms with Crippen molar-refractivity contribution in [3.63, 3.8) is 0 Å². The summed E-state index contributed by atoms with van der Waals surface area (Å²) in [5, 5.41) is 41.3. The molecule has 3 aliphatic carbocycles. The lowest BCUT2D eigenvalue weighted by Crippen LogP contribution is -2.57. The molecule has 0 amide bonds. The van der Waals surface area contributed by atoms with Crippen molar-refractivity contribution in [1.29, 1.82) is 0 Å². The minimum atomic E-state index is -1.99. The SMILES string of the molecule is Cc1ccc(CCC2CCC(C3CCC(C4CC(O)(O)C(C)C(O)(O)C4)CC3)CC2)cc1N. The number of nitrogens with two attached hydrogens (primary N) is 1. The molecular formula is C28H45NO4. The number of aryl methyl sites for hydroxylation is 2. The molecule has 186 valence electrons. The van der Waals surface area contributed by atoms with E-state index in [2.05, 4.69) is 25.1 Å². The van der Waals surface area contributed by atoms with Crippen LogP contribution in [0.15, 0.2) is 18.2 Å². The second kappa shape index (κ2) is 9.85. The molecule has 3 fully saturated rings. The van der Waals surface area contributed by atoms with Gasteiger partial charge in [0.2, 0.25) is 0 Å². The molecule has 4 rings (SSSR count). The van der Waals surface area contributed by atoms with E-state index < -0.39 is 17.5 Å². The maximum Gasteiger partial charge on any atom is 0.170 e. The van der Waals surface area contributed by atoms with Gasteiger partial charge in [-0.2, -0.15) is 0 Å². The lowest BCUT2D eigenvalue weighted by molar-refractivity contribution is -0.333. The van der Waals surface area contributed by atoms with Gasteiger partial charge in [0.05, 0.1) is 5.92 Å². The molecule has 0 heterocycles. The van der Waals surface area contributed by atoms with E-state index in [0.29, 0.717) is 5.92 Å². The number of hydrogen-bond acceptors (Lipinski definition) is 5. The van der Waals surface area contributed by atoms with E-state index in [9.17, 15) is 20.4 Å². The lowest BCUT2D eigenvalue weighted by Gasteiger charge is -2.49. The molecule has 0 radical (unpaired) electrons. The van der Waals surface area contributed by atoms with Crippen LogP contribution in [0.2, 0.25) is 0 Å². The first-order chi connectivity index (χ1) is 15.5. The van der Waals surface area contributed by atoms with Crippen LogP contribution in [0.3, 0.4) is 0 Å². The van der Waals surface area contributed by atoms with E-state index in [1.807, 2.05) is 0 Å². The summed E-state index contributed by atoms with van der Waals surface area (Å²) < 4.78 is 0. The van der Waals surface area contributed by atoms with Gasteiger partial charge in [-0.05, 0) is 105 Å². The Balaban J connectivity index is 1.21. The molecule has 0 unspecified atom stereocenters. The van der Waals surface area contributed by atoms with Crippen LogP contribution in [-0.2, 0) is 6.42 Å². The molecule has 6 N–H and O–H groups in total. The predicted octanol–water partition coefficient (Wildman–Crippen LogP) is 4.53. The highest BCUT2D eigenvalue weighted by Crippen LogP contribution is 2.49. The van der Waals surface area contributed by atoms with Gasteiger partial charge in [-0.15, -0.1) is 0 Å². The number of aliphatic hydroxyl groups is 4. The van der Waals surface area contributed by atoms with E-state index in [1.165, 1.54) is 57.4 Å². The van der Waals surface area contributed by atoms with Gasteiger partial charge in [0, 0.05) is 18.5 Å². The number of nitrogen functional groups attached to an aromatic ring is 1. The molecule has 0 saturated heterocycles. The molecule has 5 nitrogen and oxygen atoms in total. The Bertz CT molecular complexity index is 773. The average Bonchev–Trinajstić information content (AvgIpc) is 2.78. The van der Waals surface area contributed by atoms with Crippen molar-refractivity contribution < 1.29 is 20.4 Å². The summed E-state index contributed by atoms with van der Waals surface area (Å²) >= 11 is 0. The van der Waals surface area contributed by atoms with Crippen molar-refractivity contribution in [3.05, 3.63) is 29.3 Å². The lowest BCUT2D eigenvalue weighted by atomic mass is 9.63. The molecule has 0 aromatic heterocycles. The van der Waals surface area contributed by atoms with Crippen molar-refractivity contribution in [2.24, 2.45) is 35.5 Å². The summed E-state index contributed by atoms with van der Waals surface area (Å²) in [6.45, 7) is 3.57. The van der Waals surface area contributed by atoms with Gasteiger partial charge in [0.15, 0.2) is 11.6 Å². The van der Waals surface area contributed by atoms with Crippen molar-refractivity contribution in [2.45, 2.75) is 102 Å². The summed E-state index contributed by atoms with van der Waals surface area (Å²) in [6.07, 6.45) is 12.8. The van der Waals surface area contributed by atoms with E-state index in [-0.39, 0.29) is 18.8 Å². The fraction of sp³-hybridized carbons (Fsp3) is 0.786. The van der Waals surface area contributed by atoms with E-state index in [4.69, 9.17) is 5.73 Å². The predicted molar refractivity (Wildman–Crippen MR) is 131 cm³/mol. The first-order valence-corrected chi connectivity index (χ1v) is 13.3.